The Hall–Kier alpha value is -3.61. The highest BCUT2D eigenvalue weighted by Gasteiger charge is 2.09. The van der Waals surface area contributed by atoms with E-state index in [1.165, 1.54) is 17.2 Å². The Morgan fingerprint density at radius 3 is 2.69 bits per heavy atom. The quantitative estimate of drug-likeness (QED) is 0.496. The number of nitrogens with zero attached hydrogens (tertiary/aromatic N) is 2. The Morgan fingerprint density at radius 1 is 1.04 bits per heavy atom. The molecule has 0 saturated heterocycles. The molecule has 0 unspecified atom stereocenters. The normalized spacial score (nSPS) is 10.8. The Balaban J connectivity index is 1.32. The van der Waals surface area contributed by atoms with Gasteiger partial charge in [0, 0.05) is 23.6 Å². The lowest BCUT2D eigenvalue weighted by atomic mass is 10.1. The minimum absolute atomic E-state index is 0.229. The number of carbonyl (C=O) groups excluding carboxylic acids is 1. The number of H-pyrrole nitrogens is 1. The highest BCUT2D eigenvalue weighted by Crippen LogP contribution is 2.18. The van der Waals surface area contributed by atoms with Crippen LogP contribution < -0.4 is 10.6 Å². The summed E-state index contributed by atoms with van der Waals surface area (Å²) in [6.45, 7) is 0.731. The van der Waals surface area contributed by atoms with Crippen LogP contribution in [0.4, 0.5) is 11.6 Å². The molecule has 4 rings (SSSR count). The molecule has 0 radical (unpaired) electrons. The van der Waals surface area contributed by atoms with Crippen molar-refractivity contribution in [2.75, 3.05) is 17.2 Å². The van der Waals surface area contributed by atoms with Crippen LogP contribution >= 0.6 is 0 Å². The van der Waals surface area contributed by atoms with E-state index in [1.807, 2.05) is 18.3 Å². The van der Waals surface area contributed by atoms with E-state index in [0.29, 0.717) is 11.6 Å². The lowest BCUT2D eigenvalue weighted by Crippen LogP contribution is -2.13. The van der Waals surface area contributed by atoms with Crippen LogP contribution in [0.1, 0.15) is 16.1 Å². The predicted molar refractivity (Wildman–Crippen MR) is 99.2 cm³/mol. The van der Waals surface area contributed by atoms with Crippen molar-refractivity contribution in [3.8, 4) is 0 Å². The van der Waals surface area contributed by atoms with E-state index in [9.17, 15) is 4.79 Å². The molecule has 3 heterocycles. The topological polar surface area (TPSA) is 95.8 Å². The van der Waals surface area contributed by atoms with E-state index in [0.717, 1.165) is 18.5 Å². The summed E-state index contributed by atoms with van der Waals surface area (Å²) in [5, 5.41) is 15.2. The lowest BCUT2D eigenvalue weighted by molar-refractivity contribution is 0.0996. The molecule has 3 N–H and O–H groups in total. The number of furan rings is 1. The van der Waals surface area contributed by atoms with Gasteiger partial charge < -0.3 is 20.0 Å². The average Bonchev–Trinajstić information content (AvgIpc) is 3.34. The van der Waals surface area contributed by atoms with Crippen molar-refractivity contribution in [3.05, 3.63) is 72.3 Å². The van der Waals surface area contributed by atoms with Crippen molar-refractivity contribution in [2.45, 2.75) is 6.42 Å². The SMILES string of the molecule is O=C(Nc1ccc(NCCc2c[nH]c3ccccc23)nn1)c1ccco1. The molecule has 0 bridgehead atoms. The molecule has 7 nitrogen and oxygen atoms in total. The van der Waals surface area contributed by atoms with Crippen LogP contribution in [0, 0.1) is 0 Å². The van der Waals surface area contributed by atoms with Crippen LogP contribution in [-0.4, -0.2) is 27.6 Å². The number of benzene rings is 1. The fraction of sp³-hybridized carbons (Fsp3) is 0.105. The number of fused-ring (bicyclic) bond motifs is 1. The molecule has 1 amide bonds. The van der Waals surface area contributed by atoms with Crippen molar-refractivity contribution in [2.24, 2.45) is 0 Å². The standard InChI is InChI=1S/C19H17N5O2/c25-19(16-6-3-11-26-16)22-18-8-7-17(23-24-18)20-10-9-13-12-21-15-5-2-1-4-14(13)15/h1-8,11-12,21H,9-10H2,(H,20,23)(H,22,24,25). The third-order valence-corrected chi connectivity index (χ3v) is 4.03. The molecule has 0 aliphatic rings. The monoisotopic (exact) mass is 347 g/mol. The maximum Gasteiger partial charge on any atom is 0.292 e. The molecule has 130 valence electrons. The van der Waals surface area contributed by atoms with Crippen LogP contribution in [0.2, 0.25) is 0 Å². The maximum absolute atomic E-state index is 11.9. The molecule has 3 aromatic heterocycles. The van der Waals surface area contributed by atoms with E-state index >= 15 is 0 Å². The number of para-hydroxylation sites is 1. The van der Waals surface area contributed by atoms with Gasteiger partial charge in [-0.25, -0.2) is 0 Å². The summed E-state index contributed by atoms with van der Waals surface area (Å²) in [7, 11) is 0. The number of carbonyl (C=O) groups is 1. The van der Waals surface area contributed by atoms with Crippen molar-refractivity contribution < 1.29 is 9.21 Å². The summed E-state index contributed by atoms with van der Waals surface area (Å²) >= 11 is 0. The first-order chi connectivity index (χ1) is 12.8. The smallest absolute Gasteiger partial charge is 0.292 e. The van der Waals surface area contributed by atoms with Gasteiger partial charge in [0.1, 0.15) is 5.82 Å². The van der Waals surface area contributed by atoms with E-state index in [2.05, 4.69) is 37.9 Å². The van der Waals surface area contributed by atoms with Crippen molar-refractivity contribution >= 4 is 28.4 Å². The molecule has 1 aromatic carbocycles. The van der Waals surface area contributed by atoms with E-state index in [-0.39, 0.29) is 11.7 Å². The molecule has 0 aliphatic carbocycles. The van der Waals surface area contributed by atoms with Gasteiger partial charge in [-0.05, 0) is 42.3 Å². The highest BCUT2D eigenvalue weighted by atomic mass is 16.3. The van der Waals surface area contributed by atoms with Gasteiger partial charge in [-0.2, -0.15) is 0 Å². The Kier molecular flexibility index (Phi) is 4.34. The summed E-state index contributed by atoms with van der Waals surface area (Å²) in [6, 6.07) is 14.9. The Morgan fingerprint density at radius 2 is 1.88 bits per heavy atom. The molecule has 4 aromatic rings. The van der Waals surface area contributed by atoms with Gasteiger partial charge in [-0.3, -0.25) is 4.79 Å². The fourth-order valence-corrected chi connectivity index (χ4v) is 2.74. The van der Waals surface area contributed by atoms with E-state index in [4.69, 9.17) is 4.42 Å². The number of aromatic nitrogens is 3. The molecular formula is C19H17N5O2. The number of anilines is 2. The van der Waals surface area contributed by atoms with Gasteiger partial charge in [0.25, 0.3) is 5.91 Å². The number of nitrogens with one attached hydrogen (secondary N) is 3. The second-order valence-electron chi connectivity index (χ2n) is 5.77. The van der Waals surface area contributed by atoms with Crippen LogP contribution in [0.15, 0.2) is 65.4 Å². The van der Waals surface area contributed by atoms with Crippen LogP contribution in [0.5, 0.6) is 0 Å². The number of hydrogen-bond donors (Lipinski definition) is 3. The zero-order valence-corrected chi connectivity index (χ0v) is 13.9. The van der Waals surface area contributed by atoms with Gasteiger partial charge in [0.15, 0.2) is 11.6 Å². The third-order valence-electron chi connectivity index (χ3n) is 4.03. The van der Waals surface area contributed by atoms with Crippen LogP contribution in [0.25, 0.3) is 10.9 Å². The first kappa shape index (κ1) is 15.9. The van der Waals surface area contributed by atoms with Gasteiger partial charge >= 0.3 is 0 Å². The Bertz CT molecular complexity index is 1010. The van der Waals surface area contributed by atoms with Crippen LogP contribution in [0.3, 0.4) is 0 Å². The van der Waals surface area contributed by atoms with E-state index < -0.39 is 0 Å². The molecule has 26 heavy (non-hydrogen) atoms. The second-order valence-corrected chi connectivity index (χ2v) is 5.77. The first-order valence-corrected chi connectivity index (χ1v) is 8.27. The van der Waals surface area contributed by atoms with E-state index in [1.54, 1.807) is 24.3 Å². The van der Waals surface area contributed by atoms with Gasteiger partial charge in [-0.15, -0.1) is 10.2 Å². The summed E-state index contributed by atoms with van der Waals surface area (Å²) in [6.07, 6.45) is 4.34. The number of rotatable bonds is 6. The van der Waals surface area contributed by atoms with Crippen molar-refractivity contribution in [3.63, 3.8) is 0 Å². The molecular weight excluding hydrogens is 330 g/mol. The molecule has 0 spiro atoms. The first-order valence-electron chi connectivity index (χ1n) is 8.27. The van der Waals surface area contributed by atoms with Crippen molar-refractivity contribution in [1.82, 2.24) is 15.2 Å². The molecule has 0 aliphatic heterocycles. The number of amides is 1. The fourth-order valence-electron chi connectivity index (χ4n) is 2.74. The average molecular weight is 347 g/mol. The van der Waals surface area contributed by atoms with Gasteiger partial charge in [0.05, 0.1) is 6.26 Å². The summed E-state index contributed by atoms with van der Waals surface area (Å²) in [5.74, 6) is 0.895. The number of aromatic amines is 1. The lowest BCUT2D eigenvalue weighted by Gasteiger charge is -2.06. The highest BCUT2D eigenvalue weighted by molar-refractivity contribution is 6.01. The minimum atomic E-state index is -0.357. The molecule has 7 heteroatoms. The maximum atomic E-state index is 11.9. The zero-order chi connectivity index (χ0) is 17.8. The summed E-state index contributed by atoms with van der Waals surface area (Å²) in [5.41, 5.74) is 2.39. The summed E-state index contributed by atoms with van der Waals surface area (Å²) < 4.78 is 5.04. The van der Waals surface area contributed by atoms with Gasteiger partial charge in [-0.1, -0.05) is 18.2 Å². The molecule has 0 fully saturated rings. The Labute approximate surface area is 149 Å². The van der Waals surface area contributed by atoms with Gasteiger partial charge in [0.2, 0.25) is 0 Å². The van der Waals surface area contributed by atoms with Crippen LogP contribution in [-0.2, 0) is 6.42 Å². The number of hydrogen-bond acceptors (Lipinski definition) is 5. The predicted octanol–water partition coefficient (Wildman–Crippen LogP) is 3.46. The second kappa shape index (κ2) is 7.10. The third kappa shape index (κ3) is 3.41. The largest absolute Gasteiger partial charge is 0.459 e. The van der Waals surface area contributed by atoms with Crippen molar-refractivity contribution in [1.29, 1.82) is 0 Å². The molecule has 0 atom stereocenters. The minimum Gasteiger partial charge on any atom is -0.459 e. The zero-order valence-electron chi connectivity index (χ0n) is 13.9. The molecule has 0 saturated carbocycles. The summed E-state index contributed by atoms with van der Waals surface area (Å²) in [4.78, 5) is 15.1.